The van der Waals surface area contributed by atoms with Gasteiger partial charge in [0.05, 0.1) is 12.6 Å². The van der Waals surface area contributed by atoms with E-state index in [1.54, 1.807) is 6.20 Å². The molecule has 4 heteroatoms. The molecule has 0 saturated carbocycles. The van der Waals surface area contributed by atoms with E-state index < -0.39 is 0 Å². The Kier molecular flexibility index (Phi) is 3.08. The van der Waals surface area contributed by atoms with Crippen LogP contribution >= 0.6 is 0 Å². The molecule has 1 aliphatic heterocycles. The molecule has 86 valence electrons. The van der Waals surface area contributed by atoms with Crippen LogP contribution in [0.15, 0.2) is 29.5 Å². The molecule has 1 aromatic heterocycles. The summed E-state index contributed by atoms with van der Waals surface area (Å²) in [5.41, 5.74) is 7.10. The van der Waals surface area contributed by atoms with Crippen molar-refractivity contribution in [3.8, 4) is 0 Å². The lowest BCUT2D eigenvalue weighted by Gasteiger charge is -2.27. The van der Waals surface area contributed by atoms with E-state index in [1.807, 2.05) is 12.3 Å². The Morgan fingerprint density at radius 3 is 3.00 bits per heavy atom. The fourth-order valence-electron chi connectivity index (χ4n) is 2.00. The zero-order valence-corrected chi connectivity index (χ0v) is 9.80. The van der Waals surface area contributed by atoms with Crippen LogP contribution < -0.4 is 5.73 Å². The zero-order valence-electron chi connectivity index (χ0n) is 9.80. The molecule has 16 heavy (non-hydrogen) atoms. The van der Waals surface area contributed by atoms with Crippen LogP contribution in [0.2, 0.25) is 0 Å². The van der Waals surface area contributed by atoms with Crippen molar-refractivity contribution in [1.82, 2.24) is 9.88 Å². The van der Waals surface area contributed by atoms with E-state index in [1.165, 1.54) is 5.56 Å². The number of hydrogen-bond acceptors (Lipinski definition) is 4. The van der Waals surface area contributed by atoms with Gasteiger partial charge in [0.15, 0.2) is 5.96 Å². The van der Waals surface area contributed by atoms with Crippen molar-refractivity contribution in [3.63, 3.8) is 0 Å². The second-order valence-corrected chi connectivity index (χ2v) is 4.55. The molecule has 0 spiro atoms. The van der Waals surface area contributed by atoms with Crippen molar-refractivity contribution in [2.75, 3.05) is 13.1 Å². The predicted octanol–water partition coefficient (Wildman–Crippen LogP) is 1.41. The lowest BCUT2D eigenvalue weighted by atomic mass is 10.1. The first kappa shape index (κ1) is 10.9. The van der Waals surface area contributed by atoms with Crippen molar-refractivity contribution in [2.24, 2.45) is 16.6 Å². The maximum atomic E-state index is 5.91. The number of aromatic nitrogens is 1. The van der Waals surface area contributed by atoms with Gasteiger partial charge in [0.1, 0.15) is 0 Å². The number of guanidine groups is 1. The van der Waals surface area contributed by atoms with Crippen LogP contribution in [-0.4, -0.2) is 28.9 Å². The number of hydrogen-bond donors (Lipinski definition) is 1. The number of pyridine rings is 1. The molecule has 1 atom stereocenters. The van der Waals surface area contributed by atoms with Crippen LogP contribution in [0.25, 0.3) is 0 Å². The standard InChI is InChI=1S/C12H18N4/c1-9(2)8-16-11(7-15-12(16)13)10-4-3-5-14-6-10/h3-6,9,11H,7-8H2,1-2H3,(H2,13,15). The average Bonchev–Trinajstić information content (AvgIpc) is 2.61. The summed E-state index contributed by atoms with van der Waals surface area (Å²) in [6, 6.07) is 4.30. The number of aliphatic imine (C=N–C) groups is 1. The molecule has 0 aromatic carbocycles. The van der Waals surface area contributed by atoms with Crippen molar-refractivity contribution in [2.45, 2.75) is 19.9 Å². The molecule has 1 aromatic rings. The molecule has 1 unspecified atom stereocenters. The minimum absolute atomic E-state index is 0.260. The first-order valence-corrected chi connectivity index (χ1v) is 5.65. The van der Waals surface area contributed by atoms with Gasteiger partial charge in [0.25, 0.3) is 0 Å². The van der Waals surface area contributed by atoms with Gasteiger partial charge < -0.3 is 10.6 Å². The highest BCUT2D eigenvalue weighted by Crippen LogP contribution is 2.25. The van der Waals surface area contributed by atoms with Gasteiger partial charge in [0, 0.05) is 18.9 Å². The van der Waals surface area contributed by atoms with Crippen LogP contribution in [0.4, 0.5) is 0 Å². The summed E-state index contributed by atoms with van der Waals surface area (Å²) in [5.74, 6) is 1.23. The van der Waals surface area contributed by atoms with Gasteiger partial charge in [-0.05, 0) is 17.5 Å². The Hall–Kier alpha value is -1.58. The van der Waals surface area contributed by atoms with Gasteiger partial charge in [0.2, 0.25) is 0 Å². The monoisotopic (exact) mass is 218 g/mol. The summed E-state index contributed by atoms with van der Waals surface area (Å²) in [6.07, 6.45) is 3.68. The van der Waals surface area contributed by atoms with Crippen molar-refractivity contribution in [1.29, 1.82) is 0 Å². The van der Waals surface area contributed by atoms with E-state index >= 15 is 0 Å². The first-order valence-electron chi connectivity index (χ1n) is 5.65. The molecule has 0 radical (unpaired) electrons. The highest BCUT2D eigenvalue weighted by molar-refractivity contribution is 5.80. The summed E-state index contributed by atoms with van der Waals surface area (Å²) in [6.45, 7) is 6.05. The largest absolute Gasteiger partial charge is 0.370 e. The van der Waals surface area contributed by atoms with Crippen LogP contribution in [0.1, 0.15) is 25.5 Å². The van der Waals surface area contributed by atoms with Gasteiger partial charge >= 0.3 is 0 Å². The third-order valence-corrected chi connectivity index (χ3v) is 2.73. The van der Waals surface area contributed by atoms with E-state index in [0.29, 0.717) is 11.9 Å². The average molecular weight is 218 g/mol. The molecular weight excluding hydrogens is 200 g/mol. The maximum absolute atomic E-state index is 5.91. The Morgan fingerprint density at radius 2 is 2.38 bits per heavy atom. The molecule has 0 saturated heterocycles. The second-order valence-electron chi connectivity index (χ2n) is 4.55. The summed E-state index contributed by atoms with van der Waals surface area (Å²) in [5, 5.41) is 0. The quantitative estimate of drug-likeness (QED) is 0.834. The molecule has 0 amide bonds. The molecule has 2 heterocycles. The first-order chi connectivity index (χ1) is 7.68. The minimum Gasteiger partial charge on any atom is -0.370 e. The van der Waals surface area contributed by atoms with Gasteiger partial charge in [-0.15, -0.1) is 0 Å². The van der Waals surface area contributed by atoms with E-state index in [4.69, 9.17) is 5.73 Å². The Labute approximate surface area is 96.2 Å². The van der Waals surface area contributed by atoms with Gasteiger partial charge in [-0.3, -0.25) is 9.98 Å². The molecule has 2 rings (SSSR count). The Balaban J connectivity index is 2.17. The summed E-state index contributed by atoms with van der Waals surface area (Å²) >= 11 is 0. The molecular formula is C12H18N4. The van der Waals surface area contributed by atoms with Crippen molar-refractivity contribution >= 4 is 5.96 Å². The Morgan fingerprint density at radius 1 is 1.56 bits per heavy atom. The fourth-order valence-corrected chi connectivity index (χ4v) is 2.00. The van der Waals surface area contributed by atoms with E-state index in [-0.39, 0.29) is 6.04 Å². The highest BCUT2D eigenvalue weighted by atomic mass is 15.3. The van der Waals surface area contributed by atoms with Crippen molar-refractivity contribution < 1.29 is 0 Å². The SMILES string of the molecule is CC(C)CN1C(N)=NCC1c1cccnc1. The number of nitrogens with zero attached hydrogens (tertiary/aromatic N) is 3. The molecule has 0 bridgehead atoms. The zero-order chi connectivity index (χ0) is 11.5. The summed E-state index contributed by atoms with van der Waals surface area (Å²) in [4.78, 5) is 10.6. The smallest absolute Gasteiger partial charge is 0.191 e. The normalized spacial score (nSPS) is 20.3. The van der Waals surface area contributed by atoms with E-state index in [0.717, 1.165) is 13.1 Å². The molecule has 4 nitrogen and oxygen atoms in total. The number of nitrogens with two attached hydrogens (primary N) is 1. The summed E-state index contributed by atoms with van der Waals surface area (Å²) in [7, 11) is 0. The minimum atomic E-state index is 0.260. The number of rotatable bonds is 3. The molecule has 0 aliphatic carbocycles. The Bertz CT molecular complexity index is 372. The lowest BCUT2D eigenvalue weighted by Crippen LogP contribution is -2.38. The lowest BCUT2D eigenvalue weighted by molar-refractivity contribution is 0.309. The van der Waals surface area contributed by atoms with Gasteiger partial charge in [-0.1, -0.05) is 19.9 Å². The van der Waals surface area contributed by atoms with Crippen LogP contribution in [0.5, 0.6) is 0 Å². The predicted molar refractivity (Wildman–Crippen MR) is 65.0 cm³/mol. The highest BCUT2D eigenvalue weighted by Gasteiger charge is 2.27. The van der Waals surface area contributed by atoms with E-state index in [2.05, 4.69) is 34.8 Å². The summed E-state index contributed by atoms with van der Waals surface area (Å²) < 4.78 is 0. The molecule has 0 fully saturated rings. The third-order valence-electron chi connectivity index (χ3n) is 2.73. The second kappa shape index (κ2) is 4.51. The molecule has 1 aliphatic rings. The van der Waals surface area contributed by atoms with E-state index in [9.17, 15) is 0 Å². The van der Waals surface area contributed by atoms with Crippen molar-refractivity contribution in [3.05, 3.63) is 30.1 Å². The topological polar surface area (TPSA) is 54.5 Å². The van der Waals surface area contributed by atoms with Gasteiger partial charge in [-0.2, -0.15) is 0 Å². The third kappa shape index (κ3) is 2.15. The van der Waals surface area contributed by atoms with Crippen LogP contribution in [-0.2, 0) is 0 Å². The molecule has 2 N–H and O–H groups in total. The maximum Gasteiger partial charge on any atom is 0.191 e. The van der Waals surface area contributed by atoms with Crippen LogP contribution in [0.3, 0.4) is 0 Å². The van der Waals surface area contributed by atoms with Crippen LogP contribution in [0, 0.1) is 5.92 Å². The van der Waals surface area contributed by atoms with Gasteiger partial charge in [-0.25, -0.2) is 0 Å². The fraction of sp³-hybridized carbons (Fsp3) is 0.500.